The molecule has 0 radical (unpaired) electrons. The zero-order chi connectivity index (χ0) is 17.4. The second-order valence-electron chi connectivity index (χ2n) is 5.22. The van der Waals surface area contributed by atoms with Crippen molar-refractivity contribution < 1.29 is 9.59 Å². The van der Waals surface area contributed by atoms with Crippen LogP contribution in [0.3, 0.4) is 0 Å². The Labute approximate surface area is 150 Å². The van der Waals surface area contributed by atoms with Gasteiger partial charge in [-0.05, 0) is 52.7 Å². The number of benzene rings is 2. The van der Waals surface area contributed by atoms with Crippen LogP contribution in [0.25, 0.3) is 0 Å². The van der Waals surface area contributed by atoms with Crippen molar-refractivity contribution in [2.75, 3.05) is 23.7 Å². The Balaban J connectivity index is 1.92. The third-order valence-corrected chi connectivity index (χ3v) is 3.95. The highest BCUT2D eigenvalue weighted by Gasteiger charge is 2.08. The van der Waals surface area contributed by atoms with E-state index in [1.165, 1.54) is 0 Å². The molecule has 2 rings (SSSR count). The minimum atomic E-state index is -0.183. The van der Waals surface area contributed by atoms with Gasteiger partial charge >= 0.3 is 0 Å². The lowest BCUT2D eigenvalue weighted by Gasteiger charge is -2.10. The van der Waals surface area contributed by atoms with Crippen molar-refractivity contribution in [2.24, 2.45) is 0 Å². The maximum atomic E-state index is 12.1. The molecular weight excluding hydrogens is 370 g/mol. The Morgan fingerprint density at radius 2 is 1.88 bits per heavy atom. The van der Waals surface area contributed by atoms with Gasteiger partial charge in [0, 0.05) is 28.0 Å². The normalized spacial score (nSPS) is 10.1. The van der Waals surface area contributed by atoms with Crippen LogP contribution in [0, 0.1) is 0 Å². The number of rotatable bonds is 7. The van der Waals surface area contributed by atoms with Crippen LogP contribution in [0.5, 0.6) is 0 Å². The molecule has 2 amide bonds. The third kappa shape index (κ3) is 5.38. The lowest BCUT2D eigenvalue weighted by atomic mass is 10.2. The summed E-state index contributed by atoms with van der Waals surface area (Å²) in [5, 5.41) is 8.66. The van der Waals surface area contributed by atoms with Crippen molar-refractivity contribution in [3.8, 4) is 0 Å². The van der Waals surface area contributed by atoms with E-state index in [2.05, 4.69) is 31.9 Å². The van der Waals surface area contributed by atoms with Crippen LogP contribution >= 0.6 is 15.9 Å². The standard InChI is InChI=1S/C18H20BrN3O2/c1-2-10-20-18(24)13-6-5-7-14(11-13)22-17(23)12-21-16-9-4-3-8-15(16)19/h3-9,11,21H,2,10,12H2,1H3,(H,20,24)(H,22,23). The van der Waals surface area contributed by atoms with Crippen molar-refractivity contribution in [3.63, 3.8) is 0 Å². The van der Waals surface area contributed by atoms with Gasteiger partial charge in [0.05, 0.1) is 6.54 Å². The Hall–Kier alpha value is -2.34. The van der Waals surface area contributed by atoms with E-state index >= 15 is 0 Å². The van der Waals surface area contributed by atoms with E-state index in [1.807, 2.05) is 31.2 Å². The summed E-state index contributed by atoms with van der Waals surface area (Å²) in [6, 6.07) is 14.5. The first-order valence-electron chi connectivity index (χ1n) is 7.76. The van der Waals surface area contributed by atoms with Gasteiger partial charge in [-0.25, -0.2) is 0 Å². The lowest BCUT2D eigenvalue weighted by Crippen LogP contribution is -2.25. The molecule has 3 N–H and O–H groups in total. The Morgan fingerprint density at radius 3 is 2.62 bits per heavy atom. The molecule has 0 aliphatic rings. The number of anilines is 2. The molecule has 0 fully saturated rings. The molecule has 0 aliphatic heterocycles. The second-order valence-corrected chi connectivity index (χ2v) is 6.07. The van der Waals surface area contributed by atoms with Crippen molar-refractivity contribution in [1.29, 1.82) is 0 Å². The van der Waals surface area contributed by atoms with Crippen LogP contribution in [-0.4, -0.2) is 24.9 Å². The number of para-hydroxylation sites is 1. The number of carbonyl (C=O) groups is 2. The molecule has 0 aromatic heterocycles. The molecule has 0 atom stereocenters. The van der Waals surface area contributed by atoms with Gasteiger partial charge in [-0.1, -0.05) is 25.1 Å². The van der Waals surface area contributed by atoms with Gasteiger partial charge in [-0.3, -0.25) is 9.59 Å². The number of amides is 2. The van der Waals surface area contributed by atoms with E-state index in [0.29, 0.717) is 17.8 Å². The maximum Gasteiger partial charge on any atom is 0.251 e. The van der Waals surface area contributed by atoms with Crippen molar-refractivity contribution in [2.45, 2.75) is 13.3 Å². The number of carbonyl (C=O) groups excluding carboxylic acids is 2. The molecule has 0 aliphatic carbocycles. The number of halogens is 1. The number of nitrogens with one attached hydrogen (secondary N) is 3. The summed E-state index contributed by atoms with van der Waals surface area (Å²) >= 11 is 3.42. The van der Waals surface area contributed by atoms with Crippen LogP contribution in [0.15, 0.2) is 53.0 Å². The summed E-state index contributed by atoms with van der Waals surface area (Å²) in [5.74, 6) is -0.323. The Bertz CT molecular complexity index is 719. The van der Waals surface area contributed by atoms with E-state index in [9.17, 15) is 9.59 Å². The van der Waals surface area contributed by atoms with E-state index < -0.39 is 0 Å². The minimum Gasteiger partial charge on any atom is -0.375 e. The molecule has 24 heavy (non-hydrogen) atoms. The van der Waals surface area contributed by atoms with Crippen LogP contribution in [0.1, 0.15) is 23.7 Å². The lowest BCUT2D eigenvalue weighted by molar-refractivity contribution is -0.114. The molecule has 2 aromatic rings. The summed E-state index contributed by atoms with van der Waals surface area (Å²) in [6.07, 6.45) is 0.878. The fourth-order valence-electron chi connectivity index (χ4n) is 2.06. The predicted octanol–water partition coefficient (Wildman–Crippen LogP) is 3.64. The van der Waals surface area contributed by atoms with Gasteiger partial charge in [0.15, 0.2) is 0 Å². The average Bonchev–Trinajstić information content (AvgIpc) is 2.59. The van der Waals surface area contributed by atoms with Crippen LogP contribution in [-0.2, 0) is 4.79 Å². The summed E-state index contributed by atoms with van der Waals surface area (Å²) in [7, 11) is 0. The van der Waals surface area contributed by atoms with Gasteiger partial charge in [0.25, 0.3) is 5.91 Å². The first kappa shape index (κ1) is 18.0. The monoisotopic (exact) mass is 389 g/mol. The molecule has 0 saturated carbocycles. The molecule has 0 saturated heterocycles. The summed E-state index contributed by atoms with van der Waals surface area (Å²) in [5.41, 5.74) is 1.97. The van der Waals surface area contributed by atoms with Crippen molar-refractivity contribution in [3.05, 3.63) is 58.6 Å². The molecule has 5 nitrogen and oxygen atoms in total. The number of hydrogen-bond donors (Lipinski definition) is 3. The first-order chi connectivity index (χ1) is 11.6. The quantitative estimate of drug-likeness (QED) is 0.676. The van der Waals surface area contributed by atoms with Gasteiger partial charge in [0.1, 0.15) is 0 Å². The Kier molecular flexibility index (Phi) is 6.81. The smallest absolute Gasteiger partial charge is 0.251 e. The van der Waals surface area contributed by atoms with E-state index in [4.69, 9.17) is 0 Å². The number of hydrogen-bond acceptors (Lipinski definition) is 3. The van der Waals surface area contributed by atoms with Gasteiger partial charge in [-0.2, -0.15) is 0 Å². The van der Waals surface area contributed by atoms with E-state index in [-0.39, 0.29) is 18.4 Å². The largest absolute Gasteiger partial charge is 0.375 e. The summed E-state index contributed by atoms with van der Waals surface area (Å²) in [6.45, 7) is 2.76. The molecular formula is C18H20BrN3O2. The van der Waals surface area contributed by atoms with Crippen molar-refractivity contribution >= 4 is 39.1 Å². The zero-order valence-electron chi connectivity index (χ0n) is 13.4. The van der Waals surface area contributed by atoms with Crippen LogP contribution in [0.2, 0.25) is 0 Å². The molecule has 0 bridgehead atoms. The Morgan fingerprint density at radius 1 is 1.08 bits per heavy atom. The van der Waals surface area contributed by atoms with Gasteiger partial charge in [0.2, 0.25) is 5.91 Å². The van der Waals surface area contributed by atoms with Crippen molar-refractivity contribution in [1.82, 2.24) is 5.32 Å². The predicted molar refractivity (Wildman–Crippen MR) is 100 cm³/mol. The third-order valence-electron chi connectivity index (χ3n) is 3.26. The fourth-order valence-corrected chi connectivity index (χ4v) is 2.49. The second kappa shape index (κ2) is 9.08. The highest BCUT2D eigenvalue weighted by atomic mass is 79.9. The zero-order valence-corrected chi connectivity index (χ0v) is 15.0. The maximum absolute atomic E-state index is 12.1. The fraction of sp³-hybridized carbons (Fsp3) is 0.222. The summed E-state index contributed by atoms with van der Waals surface area (Å²) < 4.78 is 0.896. The van der Waals surface area contributed by atoms with E-state index in [1.54, 1.807) is 24.3 Å². The SMILES string of the molecule is CCCNC(=O)c1cccc(NC(=O)CNc2ccccc2Br)c1. The average molecular weight is 390 g/mol. The highest BCUT2D eigenvalue weighted by molar-refractivity contribution is 9.10. The minimum absolute atomic E-state index is 0.134. The highest BCUT2D eigenvalue weighted by Crippen LogP contribution is 2.20. The molecule has 0 heterocycles. The topological polar surface area (TPSA) is 70.2 Å². The molecule has 126 valence electrons. The van der Waals surface area contributed by atoms with Crippen LogP contribution < -0.4 is 16.0 Å². The molecule has 2 aromatic carbocycles. The molecule has 6 heteroatoms. The molecule has 0 spiro atoms. The van der Waals surface area contributed by atoms with Gasteiger partial charge < -0.3 is 16.0 Å². The van der Waals surface area contributed by atoms with E-state index in [0.717, 1.165) is 16.6 Å². The van der Waals surface area contributed by atoms with Crippen LogP contribution in [0.4, 0.5) is 11.4 Å². The summed E-state index contributed by atoms with van der Waals surface area (Å²) in [4.78, 5) is 24.0. The molecule has 0 unspecified atom stereocenters. The first-order valence-corrected chi connectivity index (χ1v) is 8.56. The van der Waals surface area contributed by atoms with Gasteiger partial charge in [-0.15, -0.1) is 0 Å².